The van der Waals surface area contributed by atoms with Crippen molar-refractivity contribution in [2.75, 3.05) is 11.5 Å². The summed E-state index contributed by atoms with van der Waals surface area (Å²) < 4.78 is 2.34. The molecular formula is C30H58N2S3. The van der Waals surface area contributed by atoms with Crippen LogP contribution < -0.4 is 0 Å². The van der Waals surface area contributed by atoms with Crippen LogP contribution in [0.5, 0.6) is 0 Å². The van der Waals surface area contributed by atoms with Gasteiger partial charge in [-0.2, -0.15) is 0 Å². The fourth-order valence-electron chi connectivity index (χ4n) is 4.52. The van der Waals surface area contributed by atoms with Crippen LogP contribution in [0.1, 0.15) is 168 Å². The van der Waals surface area contributed by atoms with Crippen LogP contribution in [0.4, 0.5) is 0 Å². The molecule has 0 aliphatic rings. The van der Waals surface area contributed by atoms with Crippen molar-refractivity contribution in [3.63, 3.8) is 0 Å². The Morgan fingerprint density at radius 2 is 0.657 bits per heavy atom. The van der Waals surface area contributed by atoms with Gasteiger partial charge in [0.05, 0.1) is 0 Å². The number of hydrogen-bond donors (Lipinski definition) is 0. The Hall–Kier alpha value is 0.260. The first kappa shape index (κ1) is 33.3. The summed E-state index contributed by atoms with van der Waals surface area (Å²) in [5, 5.41) is 8.80. The van der Waals surface area contributed by atoms with Crippen LogP contribution in [-0.4, -0.2) is 21.7 Å². The summed E-state index contributed by atoms with van der Waals surface area (Å²) in [6.45, 7) is 4.59. The fraction of sp³-hybridized carbons (Fsp3) is 0.933. The Kier molecular flexibility index (Phi) is 26.0. The predicted molar refractivity (Wildman–Crippen MR) is 164 cm³/mol. The molecule has 1 rings (SSSR count). The van der Waals surface area contributed by atoms with Crippen LogP contribution in [0.25, 0.3) is 0 Å². The largest absolute Gasteiger partial charge is 0.175 e. The van der Waals surface area contributed by atoms with Crippen LogP contribution in [0.2, 0.25) is 0 Å². The molecule has 5 heteroatoms. The first-order chi connectivity index (χ1) is 17.4. The Labute approximate surface area is 232 Å². The standard InChI is InChI=1S/C30H58N2S3/c1-3-5-7-9-11-13-15-17-19-21-23-25-27-33-29-31-32-30(35-29)34-28-26-24-22-20-18-16-14-12-10-8-6-4-2/h3-28H2,1-2H3. The summed E-state index contributed by atoms with van der Waals surface area (Å²) in [4.78, 5) is 0. The molecule has 0 N–H and O–H groups in total. The molecule has 1 aromatic heterocycles. The van der Waals surface area contributed by atoms with E-state index in [9.17, 15) is 0 Å². The van der Waals surface area contributed by atoms with E-state index in [1.165, 1.54) is 174 Å². The van der Waals surface area contributed by atoms with E-state index < -0.39 is 0 Å². The van der Waals surface area contributed by atoms with Gasteiger partial charge in [0.15, 0.2) is 8.68 Å². The highest BCUT2D eigenvalue weighted by molar-refractivity contribution is 8.03. The number of unbranched alkanes of at least 4 members (excludes halogenated alkanes) is 22. The highest BCUT2D eigenvalue weighted by atomic mass is 32.2. The highest BCUT2D eigenvalue weighted by Crippen LogP contribution is 2.30. The maximum atomic E-state index is 4.40. The third-order valence-electron chi connectivity index (χ3n) is 6.83. The molecule has 0 radical (unpaired) electrons. The van der Waals surface area contributed by atoms with E-state index in [1.807, 2.05) is 23.5 Å². The molecule has 35 heavy (non-hydrogen) atoms. The maximum Gasteiger partial charge on any atom is 0.175 e. The molecule has 1 heterocycles. The SMILES string of the molecule is CCCCCCCCCCCCCCSc1nnc(SCCCCCCCCCCCCCC)s1. The summed E-state index contributed by atoms with van der Waals surface area (Å²) in [5.74, 6) is 2.41. The summed E-state index contributed by atoms with van der Waals surface area (Å²) in [6.07, 6.45) is 34.1. The van der Waals surface area contributed by atoms with Crippen LogP contribution in [0.15, 0.2) is 8.68 Å². The van der Waals surface area contributed by atoms with E-state index in [-0.39, 0.29) is 0 Å². The van der Waals surface area contributed by atoms with Gasteiger partial charge in [-0.25, -0.2) is 0 Å². The molecule has 0 bridgehead atoms. The Morgan fingerprint density at radius 3 is 0.943 bits per heavy atom. The summed E-state index contributed by atoms with van der Waals surface area (Å²) in [5.41, 5.74) is 0. The molecule has 0 aliphatic heterocycles. The van der Waals surface area contributed by atoms with Crippen molar-refractivity contribution in [3.05, 3.63) is 0 Å². The predicted octanol–water partition coefficient (Wildman–Crippen LogP) is 12.1. The minimum absolute atomic E-state index is 1.17. The zero-order chi connectivity index (χ0) is 25.1. The zero-order valence-corrected chi connectivity index (χ0v) is 26.0. The average molecular weight is 543 g/mol. The smallest absolute Gasteiger partial charge is 0.131 e. The second-order valence-electron chi connectivity index (χ2n) is 10.3. The second kappa shape index (κ2) is 27.3. The van der Waals surface area contributed by atoms with Crippen LogP contribution in [0, 0.1) is 0 Å². The molecule has 0 spiro atoms. The summed E-state index contributed by atoms with van der Waals surface area (Å²) in [7, 11) is 0. The first-order valence-electron chi connectivity index (χ1n) is 15.5. The molecule has 0 atom stereocenters. The van der Waals surface area contributed by atoms with Crippen LogP contribution in [-0.2, 0) is 0 Å². The van der Waals surface area contributed by atoms with Gasteiger partial charge >= 0.3 is 0 Å². The quantitative estimate of drug-likeness (QED) is 0.0776. The van der Waals surface area contributed by atoms with Gasteiger partial charge in [0, 0.05) is 11.5 Å². The monoisotopic (exact) mass is 542 g/mol. The summed E-state index contributed by atoms with van der Waals surface area (Å²) >= 11 is 5.64. The first-order valence-corrected chi connectivity index (χ1v) is 18.2. The van der Waals surface area contributed by atoms with E-state index in [1.54, 1.807) is 11.3 Å². The minimum atomic E-state index is 1.17. The van der Waals surface area contributed by atoms with Crippen molar-refractivity contribution < 1.29 is 0 Å². The number of thioether (sulfide) groups is 2. The van der Waals surface area contributed by atoms with Crippen LogP contribution >= 0.6 is 34.9 Å². The lowest BCUT2D eigenvalue weighted by molar-refractivity contribution is 0.548. The average Bonchev–Trinajstić information content (AvgIpc) is 3.32. The second-order valence-corrected chi connectivity index (χ2v) is 14.0. The van der Waals surface area contributed by atoms with Gasteiger partial charge in [-0.1, -0.05) is 190 Å². The van der Waals surface area contributed by atoms with E-state index >= 15 is 0 Å². The van der Waals surface area contributed by atoms with Gasteiger partial charge in [-0.05, 0) is 12.8 Å². The van der Waals surface area contributed by atoms with Gasteiger partial charge in [-0.15, -0.1) is 10.2 Å². The third-order valence-corrected chi connectivity index (χ3v) is 10.2. The van der Waals surface area contributed by atoms with Crippen molar-refractivity contribution in [2.45, 2.75) is 177 Å². The summed E-state index contributed by atoms with van der Waals surface area (Å²) in [6, 6.07) is 0. The van der Waals surface area contributed by atoms with Crippen molar-refractivity contribution >= 4 is 34.9 Å². The molecule has 0 saturated carbocycles. The lowest BCUT2D eigenvalue weighted by Gasteiger charge is -2.02. The molecule has 0 aromatic carbocycles. The van der Waals surface area contributed by atoms with Gasteiger partial charge in [0.1, 0.15) is 0 Å². The number of nitrogens with zero attached hydrogens (tertiary/aromatic N) is 2. The van der Waals surface area contributed by atoms with Gasteiger partial charge in [-0.3, -0.25) is 0 Å². The topological polar surface area (TPSA) is 25.8 Å². The van der Waals surface area contributed by atoms with Gasteiger partial charge < -0.3 is 0 Å². The van der Waals surface area contributed by atoms with Crippen molar-refractivity contribution in [3.8, 4) is 0 Å². The molecule has 0 aliphatic carbocycles. The van der Waals surface area contributed by atoms with Crippen LogP contribution in [0.3, 0.4) is 0 Å². The molecule has 0 amide bonds. The van der Waals surface area contributed by atoms with Gasteiger partial charge in [0.25, 0.3) is 0 Å². The molecule has 1 aromatic rings. The van der Waals surface area contributed by atoms with E-state index in [0.29, 0.717) is 0 Å². The Balaban J connectivity index is 1.82. The van der Waals surface area contributed by atoms with Crippen molar-refractivity contribution in [1.29, 1.82) is 0 Å². The number of hydrogen-bond acceptors (Lipinski definition) is 5. The molecule has 2 nitrogen and oxygen atoms in total. The molecule has 0 fully saturated rings. The Bertz CT molecular complexity index is 491. The Morgan fingerprint density at radius 1 is 0.400 bits per heavy atom. The van der Waals surface area contributed by atoms with Crippen molar-refractivity contribution in [2.24, 2.45) is 0 Å². The molecular weight excluding hydrogens is 485 g/mol. The normalized spacial score (nSPS) is 11.5. The lowest BCUT2D eigenvalue weighted by atomic mass is 10.1. The third kappa shape index (κ3) is 23.1. The van der Waals surface area contributed by atoms with E-state index in [0.717, 1.165) is 0 Å². The molecule has 0 saturated heterocycles. The molecule has 206 valence electrons. The van der Waals surface area contributed by atoms with E-state index in [2.05, 4.69) is 24.0 Å². The van der Waals surface area contributed by atoms with Crippen molar-refractivity contribution in [1.82, 2.24) is 10.2 Å². The number of aromatic nitrogens is 2. The van der Waals surface area contributed by atoms with Gasteiger partial charge in [0.2, 0.25) is 0 Å². The number of rotatable bonds is 28. The maximum absolute atomic E-state index is 4.40. The fourth-order valence-corrected chi connectivity index (χ4v) is 7.68. The zero-order valence-electron chi connectivity index (χ0n) is 23.5. The van der Waals surface area contributed by atoms with E-state index in [4.69, 9.17) is 0 Å². The highest BCUT2D eigenvalue weighted by Gasteiger charge is 2.05. The lowest BCUT2D eigenvalue weighted by Crippen LogP contribution is -1.84. The minimum Gasteiger partial charge on any atom is -0.131 e. The molecule has 0 unspecified atom stereocenters.